The summed E-state index contributed by atoms with van der Waals surface area (Å²) in [7, 11) is -3.64. The SMILES string of the molecule is Cl.O=S(=O)(NC1CCN(Cc2ccc(Cl)cc2)CC1)c1cc(Cl)sc1Cl. The molecule has 0 aliphatic carbocycles. The van der Waals surface area contributed by atoms with Crippen LogP contribution in [0.15, 0.2) is 35.2 Å². The lowest BCUT2D eigenvalue weighted by molar-refractivity contribution is 0.200. The average Bonchev–Trinajstić information content (AvgIpc) is 2.91. The van der Waals surface area contributed by atoms with Crippen LogP contribution in [0.2, 0.25) is 13.7 Å². The van der Waals surface area contributed by atoms with E-state index in [1.165, 1.54) is 11.6 Å². The standard InChI is InChI=1S/C16H17Cl3N2O2S2.ClH/c17-12-3-1-11(2-4-12)10-21-7-5-13(6-8-21)20-25(22,23)14-9-15(18)24-16(14)19;/h1-4,9,13,20H,5-8,10H2;1H. The lowest BCUT2D eigenvalue weighted by Crippen LogP contribution is -2.44. The number of likely N-dealkylation sites (tertiary alicyclic amines) is 1. The first kappa shape index (κ1) is 22.2. The fourth-order valence-electron chi connectivity index (χ4n) is 2.85. The zero-order chi connectivity index (χ0) is 18.0. The fourth-order valence-corrected chi connectivity index (χ4v) is 6.43. The number of thiophene rings is 1. The van der Waals surface area contributed by atoms with Crippen molar-refractivity contribution in [1.29, 1.82) is 0 Å². The van der Waals surface area contributed by atoms with Gasteiger partial charge in [0.1, 0.15) is 9.23 Å². The number of benzene rings is 1. The van der Waals surface area contributed by atoms with Crippen molar-refractivity contribution in [2.24, 2.45) is 0 Å². The molecule has 1 N–H and O–H groups in total. The minimum absolute atomic E-state index is 0. The Morgan fingerprint density at radius 1 is 1.12 bits per heavy atom. The molecule has 144 valence electrons. The predicted molar refractivity (Wildman–Crippen MR) is 112 cm³/mol. The summed E-state index contributed by atoms with van der Waals surface area (Å²) in [5, 5.41) is 0.726. The molecule has 1 aliphatic rings. The van der Waals surface area contributed by atoms with Crippen molar-refractivity contribution in [2.45, 2.75) is 30.3 Å². The highest BCUT2D eigenvalue weighted by Gasteiger charge is 2.27. The molecule has 1 saturated heterocycles. The second-order valence-corrected chi connectivity index (χ2v) is 10.4. The molecule has 1 aliphatic heterocycles. The van der Waals surface area contributed by atoms with Gasteiger partial charge in [0.05, 0.1) is 4.34 Å². The number of nitrogens with zero attached hydrogens (tertiary/aromatic N) is 1. The van der Waals surface area contributed by atoms with Gasteiger partial charge in [0, 0.05) is 30.7 Å². The zero-order valence-corrected chi connectivity index (χ0v) is 18.3. The van der Waals surface area contributed by atoms with E-state index in [0.29, 0.717) is 4.34 Å². The number of hydrogen-bond acceptors (Lipinski definition) is 4. The van der Waals surface area contributed by atoms with Gasteiger partial charge in [-0.1, -0.05) is 46.9 Å². The number of nitrogens with one attached hydrogen (secondary N) is 1. The summed E-state index contributed by atoms with van der Waals surface area (Å²) >= 11 is 18.8. The molecule has 1 aromatic heterocycles. The summed E-state index contributed by atoms with van der Waals surface area (Å²) in [6.45, 7) is 2.49. The van der Waals surface area contributed by atoms with Gasteiger partial charge in [-0.3, -0.25) is 4.90 Å². The van der Waals surface area contributed by atoms with E-state index >= 15 is 0 Å². The smallest absolute Gasteiger partial charge is 0.243 e. The highest BCUT2D eigenvalue weighted by molar-refractivity contribution is 7.89. The van der Waals surface area contributed by atoms with Crippen LogP contribution in [0.4, 0.5) is 0 Å². The second-order valence-electron chi connectivity index (χ2n) is 5.99. The van der Waals surface area contributed by atoms with Gasteiger partial charge in [-0.05, 0) is 36.6 Å². The van der Waals surface area contributed by atoms with Gasteiger partial charge in [0.15, 0.2) is 0 Å². The third kappa shape index (κ3) is 5.72. The molecule has 0 spiro atoms. The largest absolute Gasteiger partial charge is 0.299 e. The van der Waals surface area contributed by atoms with Gasteiger partial charge in [-0.25, -0.2) is 13.1 Å². The average molecular weight is 476 g/mol. The lowest BCUT2D eigenvalue weighted by atomic mass is 10.1. The molecule has 0 amide bonds. The van der Waals surface area contributed by atoms with Crippen molar-refractivity contribution in [1.82, 2.24) is 9.62 Å². The third-order valence-electron chi connectivity index (χ3n) is 4.14. The molecule has 1 aromatic carbocycles. The van der Waals surface area contributed by atoms with E-state index in [0.717, 1.165) is 48.8 Å². The summed E-state index contributed by atoms with van der Waals surface area (Å²) < 4.78 is 28.2. The zero-order valence-electron chi connectivity index (χ0n) is 13.6. The Balaban J connectivity index is 0.00000243. The van der Waals surface area contributed by atoms with Gasteiger partial charge in [0.2, 0.25) is 10.0 Å². The second kappa shape index (κ2) is 9.43. The van der Waals surface area contributed by atoms with Crippen LogP contribution in [0.1, 0.15) is 18.4 Å². The summed E-state index contributed by atoms with van der Waals surface area (Å²) in [6.07, 6.45) is 1.50. The van der Waals surface area contributed by atoms with Crippen LogP contribution in [0, 0.1) is 0 Å². The van der Waals surface area contributed by atoms with E-state index in [-0.39, 0.29) is 27.7 Å². The van der Waals surface area contributed by atoms with E-state index in [1.807, 2.05) is 24.3 Å². The summed E-state index contributed by atoms with van der Waals surface area (Å²) in [5.41, 5.74) is 1.20. The van der Waals surface area contributed by atoms with Crippen LogP contribution in [-0.2, 0) is 16.6 Å². The van der Waals surface area contributed by atoms with E-state index in [2.05, 4.69) is 9.62 Å². The number of piperidine rings is 1. The molecular weight excluding hydrogens is 458 g/mol. The van der Waals surface area contributed by atoms with Gasteiger partial charge in [0.25, 0.3) is 0 Å². The molecule has 0 radical (unpaired) electrons. The highest BCUT2D eigenvalue weighted by Crippen LogP contribution is 2.34. The Kier molecular flexibility index (Phi) is 8.07. The van der Waals surface area contributed by atoms with Crippen molar-refractivity contribution < 1.29 is 8.42 Å². The molecule has 2 aromatic rings. The monoisotopic (exact) mass is 474 g/mol. The Labute approximate surface area is 178 Å². The summed E-state index contributed by atoms with van der Waals surface area (Å²) in [5.74, 6) is 0. The minimum Gasteiger partial charge on any atom is -0.299 e. The van der Waals surface area contributed by atoms with Crippen molar-refractivity contribution in [3.63, 3.8) is 0 Å². The van der Waals surface area contributed by atoms with E-state index in [1.54, 1.807) is 0 Å². The van der Waals surface area contributed by atoms with Crippen LogP contribution in [-0.4, -0.2) is 32.4 Å². The first-order valence-electron chi connectivity index (χ1n) is 7.77. The molecule has 3 rings (SSSR count). The van der Waals surface area contributed by atoms with Crippen LogP contribution in [0.3, 0.4) is 0 Å². The third-order valence-corrected chi connectivity index (χ3v) is 7.67. The van der Waals surface area contributed by atoms with Crippen molar-refractivity contribution in [2.75, 3.05) is 13.1 Å². The quantitative estimate of drug-likeness (QED) is 0.656. The topological polar surface area (TPSA) is 49.4 Å². The highest BCUT2D eigenvalue weighted by atomic mass is 35.5. The first-order valence-corrected chi connectivity index (χ1v) is 11.2. The van der Waals surface area contributed by atoms with E-state index in [9.17, 15) is 8.42 Å². The number of sulfonamides is 1. The van der Waals surface area contributed by atoms with Crippen molar-refractivity contribution in [3.8, 4) is 0 Å². The molecule has 26 heavy (non-hydrogen) atoms. The summed E-state index contributed by atoms with van der Waals surface area (Å²) in [6, 6.07) is 9.09. The van der Waals surface area contributed by atoms with E-state index < -0.39 is 10.0 Å². The van der Waals surface area contributed by atoms with Crippen LogP contribution < -0.4 is 4.72 Å². The lowest BCUT2D eigenvalue weighted by Gasteiger charge is -2.32. The fraction of sp³-hybridized carbons (Fsp3) is 0.375. The maximum atomic E-state index is 12.5. The first-order chi connectivity index (χ1) is 11.8. The molecule has 2 heterocycles. The Morgan fingerprint density at radius 3 is 2.27 bits per heavy atom. The maximum absolute atomic E-state index is 12.5. The molecule has 0 saturated carbocycles. The molecule has 0 unspecified atom stereocenters. The Morgan fingerprint density at radius 2 is 1.73 bits per heavy atom. The van der Waals surface area contributed by atoms with Gasteiger partial charge >= 0.3 is 0 Å². The number of halogens is 4. The molecule has 4 nitrogen and oxygen atoms in total. The minimum atomic E-state index is -3.64. The summed E-state index contributed by atoms with van der Waals surface area (Å²) in [4.78, 5) is 2.37. The number of hydrogen-bond donors (Lipinski definition) is 1. The molecule has 10 heteroatoms. The van der Waals surface area contributed by atoms with Gasteiger partial charge in [-0.2, -0.15) is 0 Å². The molecule has 1 fully saturated rings. The Hall–Kier alpha value is -0.0500. The Bertz CT molecular complexity index is 832. The van der Waals surface area contributed by atoms with Crippen LogP contribution >= 0.6 is 58.5 Å². The molecular formula is C16H18Cl4N2O2S2. The normalized spacial score (nSPS) is 16.4. The molecule has 0 atom stereocenters. The number of rotatable bonds is 5. The van der Waals surface area contributed by atoms with Gasteiger partial charge in [-0.15, -0.1) is 23.7 Å². The maximum Gasteiger partial charge on any atom is 0.243 e. The van der Waals surface area contributed by atoms with E-state index in [4.69, 9.17) is 34.8 Å². The predicted octanol–water partition coefficient (Wildman–Crippen LogP) is 5.07. The van der Waals surface area contributed by atoms with Crippen LogP contribution in [0.25, 0.3) is 0 Å². The van der Waals surface area contributed by atoms with Crippen molar-refractivity contribution in [3.05, 3.63) is 49.6 Å². The van der Waals surface area contributed by atoms with Gasteiger partial charge < -0.3 is 0 Å². The van der Waals surface area contributed by atoms with Crippen molar-refractivity contribution >= 4 is 68.6 Å². The molecule has 0 bridgehead atoms. The van der Waals surface area contributed by atoms with Crippen LogP contribution in [0.5, 0.6) is 0 Å².